The van der Waals surface area contributed by atoms with Gasteiger partial charge in [0, 0.05) is 59.5 Å². The van der Waals surface area contributed by atoms with E-state index in [4.69, 9.17) is 4.98 Å². The van der Waals surface area contributed by atoms with E-state index in [2.05, 4.69) is 44.5 Å². The maximum Gasteiger partial charge on any atom is 0.155 e. The Morgan fingerprint density at radius 1 is 0.963 bits per heavy atom. The summed E-state index contributed by atoms with van der Waals surface area (Å²) in [5.41, 5.74) is 5.15. The molecule has 0 spiro atoms. The third kappa shape index (κ3) is 2.56. The molecule has 0 saturated heterocycles. The maximum atomic E-state index is 4.89. The van der Waals surface area contributed by atoms with Crippen LogP contribution < -0.4 is 10.2 Å². The number of para-hydroxylation sites is 1. The zero-order chi connectivity index (χ0) is 18.4. The number of nitrogens with one attached hydrogen (secondary N) is 2. The van der Waals surface area contributed by atoms with Crippen molar-refractivity contribution in [2.24, 2.45) is 0 Å². The predicted octanol–water partition coefficient (Wildman–Crippen LogP) is 5.07. The van der Waals surface area contributed by atoms with Gasteiger partial charge in [-0.1, -0.05) is 24.3 Å². The van der Waals surface area contributed by atoms with Gasteiger partial charge in [-0.3, -0.25) is 4.98 Å². The van der Waals surface area contributed by atoms with Gasteiger partial charge < -0.3 is 15.2 Å². The van der Waals surface area contributed by atoms with E-state index < -0.39 is 0 Å². The molecule has 2 N–H and O–H groups in total. The Morgan fingerprint density at radius 3 is 2.74 bits per heavy atom. The number of H-pyrrole nitrogens is 1. The molecule has 0 aliphatic rings. The molecular formula is C22H19N5. The van der Waals surface area contributed by atoms with Crippen molar-refractivity contribution in [2.45, 2.75) is 0 Å². The Kier molecular flexibility index (Phi) is 3.47. The molecule has 27 heavy (non-hydrogen) atoms. The first-order chi connectivity index (χ1) is 13.2. The molecule has 0 unspecified atom stereocenters. The molecule has 5 aromatic rings. The van der Waals surface area contributed by atoms with Crippen molar-refractivity contribution < 1.29 is 0 Å². The van der Waals surface area contributed by atoms with Crippen LogP contribution >= 0.6 is 0 Å². The van der Waals surface area contributed by atoms with Crippen LogP contribution in [0.2, 0.25) is 0 Å². The van der Waals surface area contributed by atoms with E-state index in [1.54, 1.807) is 6.20 Å². The van der Waals surface area contributed by atoms with Crippen molar-refractivity contribution in [2.75, 3.05) is 24.3 Å². The second kappa shape index (κ2) is 5.99. The molecule has 0 fully saturated rings. The maximum absolute atomic E-state index is 4.89. The van der Waals surface area contributed by atoms with Crippen LogP contribution in [0.1, 0.15) is 0 Å². The highest BCUT2D eigenvalue weighted by Gasteiger charge is 2.14. The van der Waals surface area contributed by atoms with Gasteiger partial charge in [0.15, 0.2) is 5.82 Å². The number of benzene rings is 2. The summed E-state index contributed by atoms with van der Waals surface area (Å²) in [4.78, 5) is 14.8. The molecule has 0 amide bonds. The third-order valence-electron chi connectivity index (χ3n) is 4.87. The summed E-state index contributed by atoms with van der Waals surface area (Å²) in [5.74, 6) is 0.816. The van der Waals surface area contributed by atoms with Crippen LogP contribution in [0.5, 0.6) is 0 Å². The Bertz CT molecular complexity index is 1290. The van der Waals surface area contributed by atoms with Crippen molar-refractivity contribution in [3.8, 4) is 0 Å². The summed E-state index contributed by atoms with van der Waals surface area (Å²) in [5, 5.41) is 6.89. The number of fused-ring (bicyclic) bond motifs is 5. The minimum Gasteiger partial charge on any atom is -0.378 e. The van der Waals surface area contributed by atoms with E-state index in [1.807, 2.05) is 50.6 Å². The van der Waals surface area contributed by atoms with Crippen LogP contribution in [0.25, 0.3) is 32.7 Å². The molecule has 0 saturated carbocycles. The summed E-state index contributed by atoms with van der Waals surface area (Å²) in [6.07, 6.45) is 3.72. The zero-order valence-electron chi connectivity index (χ0n) is 15.2. The van der Waals surface area contributed by atoms with Gasteiger partial charge in [0.1, 0.15) is 0 Å². The largest absolute Gasteiger partial charge is 0.378 e. The van der Waals surface area contributed by atoms with E-state index in [0.29, 0.717) is 0 Å². The SMILES string of the molecule is CN(C)c1cccc(Nc2nc3ccccc3c3c2[nH]c2ccncc23)c1. The minimum atomic E-state index is 0.816. The molecule has 3 aromatic heterocycles. The van der Waals surface area contributed by atoms with Crippen LogP contribution in [-0.2, 0) is 0 Å². The van der Waals surface area contributed by atoms with Gasteiger partial charge in [-0.2, -0.15) is 0 Å². The molecule has 132 valence electrons. The number of aromatic nitrogens is 3. The fourth-order valence-corrected chi connectivity index (χ4v) is 3.54. The van der Waals surface area contributed by atoms with E-state index in [0.717, 1.165) is 49.9 Å². The highest BCUT2D eigenvalue weighted by Crippen LogP contribution is 2.35. The van der Waals surface area contributed by atoms with Gasteiger partial charge >= 0.3 is 0 Å². The number of hydrogen-bond donors (Lipinski definition) is 2. The number of anilines is 3. The molecule has 5 rings (SSSR count). The average Bonchev–Trinajstić information content (AvgIpc) is 3.08. The second-order valence-corrected chi connectivity index (χ2v) is 6.84. The van der Waals surface area contributed by atoms with Crippen molar-refractivity contribution in [3.63, 3.8) is 0 Å². The second-order valence-electron chi connectivity index (χ2n) is 6.84. The van der Waals surface area contributed by atoms with E-state index in [1.165, 1.54) is 0 Å². The molecule has 0 atom stereocenters. The number of rotatable bonds is 3. The quantitative estimate of drug-likeness (QED) is 0.475. The van der Waals surface area contributed by atoms with Gasteiger partial charge in [-0.15, -0.1) is 0 Å². The first kappa shape index (κ1) is 15.6. The first-order valence-corrected chi connectivity index (χ1v) is 8.89. The van der Waals surface area contributed by atoms with E-state index >= 15 is 0 Å². The fourth-order valence-electron chi connectivity index (χ4n) is 3.54. The first-order valence-electron chi connectivity index (χ1n) is 8.89. The average molecular weight is 353 g/mol. The summed E-state index contributed by atoms with van der Waals surface area (Å²) in [6.45, 7) is 0. The van der Waals surface area contributed by atoms with Gasteiger partial charge in [-0.05, 0) is 30.3 Å². The van der Waals surface area contributed by atoms with E-state index in [9.17, 15) is 0 Å². The van der Waals surface area contributed by atoms with Crippen LogP contribution in [-0.4, -0.2) is 29.0 Å². The molecule has 0 aliphatic heterocycles. The summed E-state index contributed by atoms with van der Waals surface area (Å²) in [7, 11) is 4.08. The molecular weight excluding hydrogens is 334 g/mol. The Balaban J connectivity index is 1.77. The fraction of sp³-hybridized carbons (Fsp3) is 0.0909. The zero-order valence-corrected chi connectivity index (χ0v) is 15.2. The molecule has 0 radical (unpaired) electrons. The number of aromatic amines is 1. The molecule has 5 heteroatoms. The Labute approximate surface area is 156 Å². The summed E-state index contributed by atoms with van der Waals surface area (Å²) < 4.78 is 0. The number of pyridine rings is 2. The molecule has 5 nitrogen and oxygen atoms in total. The molecule has 0 bridgehead atoms. The van der Waals surface area contributed by atoms with Crippen LogP contribution in [0.3, 0.4) is 0 Å². The van der Waals surface area contributed by atoms with Crippen molar-refractivity contribution in [1.82, 2.24) is 15.0 Å². The molecule has 3 heterocycles. The van der Waals surface area contributed by atoms with Gasteiger partial charge in [0.2, 0.25) is 0 Å². The van der Waals surface area contributed by atoms with Gasteiger partial charge in [-0.25, -0.2) is 4.98 Å². The van der Waals surface area contributed by atoms with Gasteiger partial charge in [0.25, 0.3) is 0 Å². The Morgan fingerprint density at radius 2 is 1.85 bits per heavy atom. The topological polar surface area (TPSA) is 56.8 Å². The van der Waals surface area contributed by atoms with Crippen LogP contribution in [0.15, 0.2) is 67.0 Å². The van der Waals surface area contributed by atoms with E-state index in [-0.39, 0.29) is 0 Å². The standard InChI is InChI=1S/C22H19N5/c1-27(2)15-7-5-6-14(12-15)24-22-21-20(16-8-3-4-9-18(16)26-22)17-13-23-11-10-19(17)25-21/h3-13,25H,1-2H3,(H,24,26). The highest BCUT2D eigenvalue weighted by atomic mass is 15.1. The van der Waals surface area contributed by atoms with Crippen LogP contribution in [0.4, 0.5) is 17.2 Å². The lowest BCUT2D eigenvalue weighted by Gasteiger charge is -2.15. The van der Waals surface area contributed by atoms with Crippen LogP contribution in [0, 0.1) is 0 Å². The monoisotopic (exact) mass is 353 g/mol. The lowest BCUT2D eigenvalue weighted by molar-refractivity contribution is 1.13. The molecule has 2 aromatic carbocycles. The highest BCUT2D eigenvalue weighted by molar-refractivity contribution is 6.21. The third-order valence-corrected chi connectivity index (χ3v) is 4.87. The minimum absolute atomic E-state index is 0.816. The summed E-state index contributed by atoms with van der Waals surface area (Å²) >= 11 is 0. The van der Waals surface area contributed by atoms with Crippen molar-refractivity contribution >= 4 is 49.9 Å². The van der Waals surface area contributed by atoms with Crippen molar-refractivity contribution in [3.05, 3.63) is 67.0 Å². The summed E-state index contributed by atoms with van der Waals surface area (Å²) in [6, 6.07) is 18.5. The van der Waals surface area contributed by atoms with Crippen molar-refractivity contribution in [1.29, 1.82) is 0 Å². The number of hydrogen-bond acceptors (Lipinski definition) is 4. The normalized spacial score (nSPS) is 11.3. The lowest BCUT2D eigenvalue weighted by Crippen LogP contribution is -2.08. The van der Waals surface area contributed by atoms with Gasteiger partial charge in [0.05, 0.1) is 11.0 Å². The Hall–Kier alpha value is -3.60. The number of nitrogens with zero attached hydrogens (tertiary/aromatic N) is 3. The smallest absolute Gasteiger partial charge is 0.155 e. The lowest BCUT2D eigenvalue weighted by atomic mass is 10.1. The molecule has 0 aliphatic carbocycles. The predicted molar refractivity (Wildman–Crippen MR) is 113 cm³/mol.